The minimum absolute atomic E-state index is 0.808. The summed E-state index contributed by atoms with van der Waals surface area (Å²) < 4.78 is 2.25. The lowest BCUT2D eigenvalue weighted by Gasteiger charge is -2.29. The lowest BCUT2D eigenvalue weighted by atomic mass is 10.1. The summed E-state index contributed by atoms with van der Waals surface area (Å²) in [5, 5.41) is 6.82. The van der Waals surface area contributed by atoms with Crippen LogP contribution in [0.2, 0.25) is 0 Å². The average molecular weight is 652 g/mol. The number of nitrogens with zero attached hydrogens (tertiary/aromatic N) is 4. The van der Waals surface area contributed by atoms with Gasteiger partial charge in [0.2, 0.25) is 0 Å². The topological polar surface area (TPSA) is 46.8 Å². The van der Waals surface area contributed by atoms with Crippen molar-refractivity contribution in [3.63, 3.8) is 0 Å². The summed E-state index contributed by atoms with van der Waals surface area (Å²) in [6.45, 7) is 14.3. The molecular formula is C38H47N6S2+. The van der Waals surface area contributed by atoms with Gasteiger partial charge in [-0.05, 0) is 52.6 Å². The number of hydrogen-bond donors (Lipinski definition) is 2. The standard InChI is InChI=1S/C38H47N6S2/c1-2-33(3-4-34-7-11-37(12-8-34)43-26-19-40-20-27-43)15-18-39-23-31-45-46-32-30-42-24-16-36(17-25-42)6-5-35-9-13-38(14-10-35)44-28-21-41-22-29-44/h2-18,24-25,40-41H,1,19-23,26-32H2/q+1. The van der Waals surface area contributed by atoms with E-state index in [4.69, 9.17) is 0 Å². The van der Waals surface area contributed by atoms with E-state index >= 15 is 0 Å². The predicted octanol–water partition coefficient (Wildman–Crippen LogP) is 6.24. The van der Waals surface area contributed by atoms with Crippen molar-refractivity contribution in [2.24, 2.45) is 4.99 Å². The molecule has 0 saturated carbocycles. The lowest BCUT2D eigenvalue weighted by molar-refractivity contribution is -0.692. The van der Waals surface area contributed by atoms with Crippen LogP contribution in [-0.2, 0) is 6.54 Å². The number of allylic oxidation sites excluding steroid dienone is 4. The van der Waals surface area contributed by atoms with E-state index in [-0.39, 0.29) is 0 Å². The van der Waals surface area contributed by atoms with Crippen molar-refractivity contribution in [2.75, 3.05) is 80.2 Å². The highest BCUT2D eigenvalue weighted by Gasteiger charge is 2.10. The van der Waals surface area contributed by atoms with Gasteiger partial charge in [0.05, 0.1) is 5.75 Å². The number of anilines is 2. The van der Waals surface area contributed by atoms with E-state index in [1.807, 2.05) is 40.0 Å². The van der Waals surface area contributed by atoms with E-state index in [1.165, 1.54) is 28.1 Å². The molecule has 5 rings (SSSR count). The van der Waals surface area contributed by atoms with Crippen LogP contribution in [0.1, 0.15) is 16.7 Å². The number of benzene rings is 2. The summed E-state index contributed by atoms with van der Waals surface area (Å²) in [7, 11) is 3.79. The number of hydrogen-bond acceptors (Lipinski definition) is 7. The van der Waals surface area contributed by atoms with E-state index in [0.717, 1.165) is 82.5 Å². The van der Waals surface area contributed by atoms with E-state index in [1.54, 1.807) is 0 Å². The summed E-state index contributed by atoms with van der Waals surface area (Å²) in [4.78, 5) is 9.43. The van der Waals surface area contributed by atoms with Gasteiger partial charge in [-0.3, -0.25) is 4.99 Å². The molecular weight excluding hydrogens is 605 g/mol. The fraction of sp³-hybridized carbons (Fsp3) is 0.316. The maximum Gasteiger partial charge on any atom is 0.169 e. The first-order valence-electron chi connectivity index (χ1n) is 16.3. The van der Waals surface area contributed by atoms with Gasteiger partial charge in [0.1, 0.15) is 0 Å². The highest BCUT2D eigenvalue weighted by Crippen LogP contribution is 2.21. The molecule has 2 saturated heterocycles. The smallest absolute Gasteiger partial charge is 0.169 e. The molecule has 0 amide bonds. The number of aliphatic imine (C=N–C) groups is 1. The molecule has 8 heteroatoms. The zero-order valence-electron chi connectivity index (χ0n) is 26.8. The fourth-order valence-electron chi connectivity index (χ4n) is 5.31. The predicted molar refractivity (Wildman–Crippen MR) is 204 cm³/mol. The molecule has 46 heavy (non-hydrogen) atoms. The Balaban J connectivity index is 0.944. The third kappa shape index (κ3) is 11.4. The fourth-order valence-corrected chi connectivity index (χ4v) is 7.16. The normalized spacial score (nSPS) is 16.2. The molecule has 240 valence electrons. The molecule has 0 radical (unpaired) electrons. The quantitative estimate of drug-likeness (QED) is 0.0667. The number of aryl methyl sites for hydroxylation is 1. The molecule has 0 atom stereocenters. The van der Waals surface area contributed by atoms with Crippen LogP contribution in [0.15, 0.2) is 108 Å². The van der Waals surface area contributed by atoms with Crippen molar-refractivity contribution in [3.05, 3.63) is 120 Å². The molecule has 6 nitrogen and oxygen atoms in total. The van der Waals surface area contributed by atoms with Gasteiger partial charge in [0.15, 0.2) is 18.9 Å². The van der Waals surface area contributed by atoms with Crippen LogP contribution in [0.3, 0.4) is 0 Å². The van der Waals surface area contributed by atoms with Crippen molar-refractivity contribution in [3.8, 4) is 0 Å². The average Bonchev–Trinajstić information content (AvgIpc) is 3.13. The molecule has 2 N–H and O–H groups in total. The molecule has 3 heterocycles. The van der Waals surface area contributed by atoms with Crippen molar-refractivity contribution in [1.82, 2.24) is 10.6 Å². The first-order chi connectivity index (χ1) is 22.8. The summed E-state index contributed by atoms with van der Waals surface area (Å²) in [5.74, 6) is 2.06. The monoisotopic (exact) mass is 651 g/mol. The number of rotatable bonds is 15. The Hall–Kier alpha value is -3.56. The third-order valence-electron chi connectivity index (χ3n) is 8.03. The minimum Gasteiger partial charge on any atom is -0.369 e. The molecule has 0 spiro atoms. The van der Waals surface area contributed by atoms with Crippen LogP contribution in [0, 0.1) is 0 Å². The Morgan fingerprint density at radius 1 is 0.717 bits per heavy atom. The molecule has 2 fully saturated rings. The van der Waals surface area contributed by atoms with Crippen LogP contribution in [0.25, 0.3) is 18.2 Å². The molecule has 2 aromatic carbocycles. The first-order valence-corrected chi connectivity index (χ1v) is 18.8. The van der Waals surface area contributed by atoms with Gasteiger partial charge in [0, 0.05) is 94.4 Å². The summed E-state index contributed by atoms with van der Waals surface area (Å²) in [6.07, 6.45) is 18.7. The van der Waals surface area contributed by atoms with Crippen LogP contribution in [0.4, 0.5) is 11.4 Å². The molecule has 2 aliphatic rings. The van der Waals surface area contributed by atoms with Gasteiger partial charge in [0.25, 0.3) is 0 Å². The second-order valence-corrected chi connectivity index (χ2v) is 14.0. The second-order valence-electron chi connectivity index (χ2n) is 11.3. The van der Waals surface area contributed by atoms with Crippen LogP contribution in [-0.4, -0.2) is 76.6 Å². The highest BCUT2D eigenvalue weighted by atomic mass is 33.1. The molecule has 0 aliphatic carbocycles. The van der Waals surface area contributed by atoms with E-state index < -0.39 is 0 Å². The van der Waals surface area contributed by atoms with Gasteiger partial charge in [-0.1, -0.05) is 82.8 Å². The van der Waals surface area contributed by atoms with Gasteiger partial charge in [-0.15, -0.1) is 0 Å². The SMILES string of the molecule is C=CC(C=Cc1ccc(N2CCNCC2)cc1)=CC=NCCSSCC[n+]1ccc(C=Cc2ccc(N3CCNCC3)cc2)cc1. The summed E-state index contributed by atoms with van der Waals surface area (Å²) in [6, 6.07) is 22.0. The Morgan fingerprint density at radius 2 is 1.24 bits per heavy atom. The minimum atomic E-state index is 0.808. The maximum absolute atomic E-state index is 4.56. The van der Waals surface area contributed by atoms with Gasteiger partial charge < -0.3 is 20.4 Å². The second kappa shape index (κ2) is 19.2. The molecule has 0 unspecified atom stereocenters. The maximum atomic E-state index is 4.56. The number of pyridine rings is 1. The highest BCUT2D eigenvalue weighted by molar-refractivity contribution is 8.76. The lowest BCUT2D eigenvalue weighted by Crippen LogP contribution is -2.43. The molecule has 1 aromatic heterocycles. The Labute approximate surface area is 283 Å². The van der Waals surface area contributed by atoms with Crippen LogP contribution >= 0.6 is 21.6 Å². The van der Waals surface area contributed by atoms with Crippen molar-refractivity contribution >= 4 is 57.4 Å². The Kier molecular flexibility index (Phi) is 14.1. The van der Waals surface area contributed by atoms with E-state index in [0.29, 0.717) is 0 Å². The van der Waals surface area contributed by atoms with Crippen molar-refractivity contribution < 1.29 is 4.57 Å². The number of aromatic nitrogens is 1. The van der Waals surface area contributed by atoms with E-state index in [2.05, 4.69) is 134 Å². The molecule has 3 aromatic rings. The van der Waals surface area contributed by atoms with E-state index in [9.17, 15) is 0 Å². The number of piperazine rings is 2. The zero-order valence-corrected chi connectivity index (χ0v) is 28.4. The molecule has 0 bridgehead atoms. The van der Waals surface area contributed by atoms with Crippen molar-refractivity contribution in [2.45, 2.75) is 6.54 Å². The summed E-state index contributed by atoms with van der Waals surface area (Å²) in [5.41, 5.74) is 7.28. The Morgan fingerprint density at radius 3 is 1.80 bits per heavy atom. The third-order valence-corrected chi connectivity index (χ3v) is 10.4. The molecule has 2 aliphatic heterocycles. The van der Waals surface area contributed by atoms with Gasteiger partial charge >= 0.3 is 0 Å². The van der Waals surface area contributed by atoms with Crippen LogP contribution < -0.4 is 25.0 Å². The van der Waals surface area contributed by atoms with Crippen molar-refractivity contribution in [1.29, 1.82) is 0 Å². The van der Waals surface area contributed by atoms with Gasteiger partial charge in [-0.2, -0.15) is 0 Å². The summed E-state index contributed by atoms with van der Waals surface area (Å²) >= 11 is 0. The largest absolute Gasteiger partial charge is 0.369 e. The first kappa shape index (κ1) is 33.8. The zero-order chi connectivity index (χ0) is 31.7. The number of nitrogens with one attached hydrogen (secondary N) is 2. The van der Waals surface area contributed by atoms with Crippen LogP contribution in [0.5, 0.6) is 0 Å². The Bertz CT molecular complexity index is 1450. The van der Waals surface area contributed by atoms with Gasteiger partial charge in [-0.25, -0.2) is 4.57 Å².